The number of nitrogens with zero attached hydrogens (tertiary/aromatic N) is 1. The molecule has 0 radical (unpaired) electrons. The first-order chi connectivity index (χ1) is 9.74. The van der Waals surface area contributed by atoms with E-state index in [0.717, 1.165) is 60.8 Å². The summed E-state index contributed by atoms with van der Waals surface area (Å²) in [4.78, 5) is 5.72. The van der Waals surface area contributed by atoms with Gasteiger partial charge >= 0.3 is 0 Å². The van der Waals surface area contributed by atoms with Gasteiger partial charge in [-0.2, -0.15) is 0 Å². The van der Waals surface area contributed by atoms with E-state index in [1.807, 2.05) is 0 Å². The minimum Gasteiger partial charge on any atom is -0.379 e. The van der Waals surface area contributed by atoms with Crippen LogP contribution < -0.4 is 0 Å². The van der Waals surface area contributed by atoms with Gasteiger partial charge in [-0.25, -0.2) is 0 Å². The average molecular weight is 358 g/mol. The number of hydrogen-bond donors (Lipinski definition) is 1. The second-order valence-electron chi connectivity index (χ2n) is 5.17. The van der Waals surface area contributed by atoms with Gasteiger partial charge in [-0.1, -0.05) is 33.6 Å². The summed E-state index contributed by atoms with van der Waals surface area (Å²) in [6.07, 6.45) is 2.14. The fourth-order valence-electron chi connectivity index (χ4n) is 2.74. The van der Waals surface area contributed by atoms with Crippen LogP contribution in [0.3, 0.4) is 0 Å². The van der Waals surface area contributed by atoms with Gasteiger partial charge in [0.1, 0.15) is 5.15 Å². The number of H-pyrrole nitrogens is 1. The van der Waals surface area contributed by atoms with E-state index >= 15 is 0 Å². The van der Waals surface area contributed by atoms with Crippen LogP contribution in [0, 0.1) is 0 Å². The van der Waals surface area contributed by atoms with Crippen molar-refractivity contribution in [3.05, 3.63) is 33.4 Å². The normalized spacial score (nSPS) is 16.9. The quantitative estimate of drug-likeness (QED) is 0.900. The first-order valence-corrected chi connectivity index (χ1v) is 8.17. The summed E-state index contributed by atoms with van der Waals surface area (Å²) < 4.78 is 6.44. The molecule has 0 bridgehead atoms. The molecule has 108 valence electrons. The van der Waals surface area contributed by atoms with Crippen LogP contribution in [0.4, 0.5) is 0 Å². The zero-order chi connectivity index (χ0) is 13.9. The van der Waals surface area contributed by atoms with Gasteiger partial charge in [-0.15, -0.1) is 0 Å². The highest BCUT2D eigenvalue weighted by Crippen LogP contribution is 2.29. The Morgan fingerprint density at radius 1 is 1.30 bits per heavy atom. The number of fused-ring (bicyclic) bond motifs is 1. The number of halogens is 2. The van der Waals surface area contributed by atoms with E-state index in [9.17, 15) is 0 Å². The van der Waals surface area contributed by atoms with Gasteiger partial charge in [0.2, 0.25) is 0 Å². The average Bonchev–Trinajstić information content (AvgIpc) is 2.75. The molecule has 1 fully saturated rings. The monoisotopic (exact) mass is 356 g/mol. The van der Waals surface area contributed by atoms with Crippen LogP contribution in [0.2, 0.25) is 5.15 Å². The third-order valence-electron chi connectivity index (χ3n) is 3.82. The first-order valence-electron chi connectivity index (χ1n) is 7.00. The van der Waals surface area contributed by atoms with E-state index in [1.54, 1.807) is 0 Å². The maximum absolute atomic E-state index is 6.34. The van der Waals surface area contributed by atoms with E-state index < -0.39 is 0 Å². The smallest absolute Gasteiger partial charge is 0.110 e. The van der Waals surface area contributed by atoms with Crippen molar-refractivity contribution in [1.29, 1.82) is 0 Å². The number of aromatic amines is 1. The SMILES string of the molecule is Clc1[nH]c2cc(Br)ccc2c1CCCN1CCOCC1. The number of ether oxygens (including phenoxy) is 1. The van der Waals surface area contributed by atoms with Gasteiger partial charge in [0.05, 0.1) is 13.2 Å². The standard InChI is InChI=1S/C15H18BrClN2O/c16-11-3-4-12-13(15(17)18-14(12)10-11)2-1-5-19-6-8-20-9-7-19/h3-4,10,18H,1-2,5-9H2. The molecule has 0 amide bonds. The minimum absolute atomic E-state index is 0.778. The van der Waals surface area contributed by atoms with Gasteiger partial charge in [0.15, 0.2) is 0 Å². The Kier molecular flexibility index (Phi) is 4.66. The van der Waals surface area contributed by atoms with Gasteiger partial charge in [0, 0.05) is 28.5 Å². The van der Waals surface area contributed by atoms with Crippen LogP contribution in [0.1, 0.15) is 12.0 Å². The summed E-state index contributed by atoms with van der Waals surface area (Å²) in [5.74, 6) is 0. The molecular formula is C15H18BrClN2O. The molecule has 1 aliphatic heterocycles. The van der Waals surface area contributed by atoms with E-state index in [0.29, 0.717) is 0 Å². The van der Waals surface area contributed by atoms with Crippen molar-refractivity contribution in [2.75, 3.05) is 32.8 Å². The van der Waals surface area contributed by atoms with Crippen LogP contribution in [-0.2, 0) is 11.2 Å². The molecule has 1 aromatic heterocycles. The number of nitrogens with one attached hydrogen (secondary N) is 1. The lowest BCUT2D eigenvalue weighted by molar-refractivity contribution is 0.0375. The van der Waals surface area contributed by atoms with Crippen molar-refractivity contribution in [2.45, 2.75) is 12.8 Å². The highest BCUT2D eigenvalue weighted by molar-refractivity contribution is 9.10. The fraction of sp³-hybridized carbons (Fsp3) is 0.467. The Labute approximate surface area is 132 Å². The third-order valence-corrected chi connectivity index (χ3v) is 4.64. The number of aromatic nitrogens is 1. The lowest BCUT2D eigenvalue weighted by atomic mass is 10.1. The van der Waals surface area contributed by atoms with Gasteiger partial charge in [-0.05, 0) is 37.1 Å². The number of morpholine rings is 1. The maximum Gasteiger partial charge on any atom is 0.110 e. The highest BCUT2D eigenvalue weighted by Gasteiger charge is 2.13. The zero-order valence-electron chi connectivity index (χ0n) is 11.3. The Bertz CT molecular complexity index is 593. The topological polar surface area (TPSA) is 28.3 Å². The summed E-state index contributed by atoms with van der Waals surface area (Å²) in [5.41, 5.74) is 2.34. The summed E-state index contributed by atoms with van der Waals surface area (Å²) in [7, 11) is 0. The largest absolute Gasteiger partial charge is 0.379 e. The molecule has 3 nitrogen and oxygen atoms in total. The molecular weight excluding hydrogens is 340 g/mol. The van der Waals surface area contributed by atoms with Gasteiger partial charge in [-0.3, -0.25) is 4.90 Å². The van der Waals surface area contributed by atoms with Crippen LogP contribution in [-0.4, -0.2) is 42.7 Å². The molecule has 1 aromatic carbocycles. The molecule has 5 heteroatoms. The van der Waals surface area contributed by atoms with Gasteiger partial charge in [0.25, 0.3) is 0 Å². The van der Waals surface area contributed by atoms with Crippen molar-refractivity contribution in [3.63, 3.8) is 0 Å². The van der Waals surface area contributed by atoms with Crippen LogP contribution in [0.15, 0.2) is 22.7 Å². The predicted molar refractivity (Wildman–Crippen MR) is 86.6 cm³/mol. The highest BCUT2D eigenvalue weighted by atomic mass is 79.9. The molecule has 0 aliphatic carbocycles. The number of rotatable bonds is 4. The van der Waals surface area contributed by atoms with Crippen molar-refractivity contribution >= 4 is 38.4 Å². The number of hydrogen-bond acceptors (Lipinski definition) is 2. The Morgan fingerprint density at radius 3 is 2.90 bits per heavy atom. The minimum atomic E-state index is 0.778. The van der Waals surface area contributed by atoms with E-state index in [1.165, 1.54) is 10.9 Å². The maximum atomic E-state index is 6.34. The third kappa shape index (κ3) is 3.19. The van der Waals surface area contributed by atoms with E-state index in [2.05, 4.69) is 44.0 Å². The lowest BCUT2D eigenvalue weighted by Crippen LogP contribution is -2.36. The molecule has 20 heavy (non-hydrogen) atoms. The van der Waals surface area contributed by atoms with Crippen molar-refractivity contribution in [2.24, 2.45) is 0 Å². The molecule has 0 saturated carbocycles. The van der Waals surface area contributed by atoms with Gasteiger partial charge < -0.3 is 9.72 Å². The summed E-state index contributed by atoms with van der Waals surface area (Å²) >= 11 is 9.83. The Morgan fingerprint density at radius 2 is 2.10 bits per heavy atom. The first kappa shape index (κ1) is 14.4. The zero-order valence-corrected chi connectivity index (χ0v) is 13.6. The van der Waals surface area contributed by atoms with Crippen molar-refractivity contribution in [1.82, 2.24) is 9.88 Å². The van der Waals surface area contributed by atoms with Crippen molar-refractivity contribution < 1.29 is 4.74 Å². The molecule has 1 N–H and O–H groups in total. The molecule has 1 aliphatic rings. The fourth-order valence-corrected chi connectivity index (χ4v) is 3.40. The molecule has 0 spiro atoms. The molecule has 3 rings (SSSR count). The van der Waals surface area contributed by atoms with Crippen LogP contribution in [0.25, 0.3) is 10.9 Å². The summed E-state index contributed by atoms with van der Waals surface area (Å²) in [6, 6.07) is 6.27. The Balaban J connectivity index is 1.66. The second kappa shape index (κ2) is 6.48. The number of benzene rings is 1. The van der Waals surface area contributed by atoms with E-state index in [4.69, 9.17) is 16.3 Å². The lowest BCUT2D eigenvalue weighted by Gasteiger charge is -2.26. The predicted octanol–water partition coefficient (Wildman–Crippen LogP) is 3.85. The number of aryl methyl sites for hydroxylation is 1. The van der Waals surface area contributed by atoms with Crippen LogP contribution in [0.5, 0.6) is 0 Å². The molecule has 2 aromatic rings. The molecule has 1 saturated heterocycles. The van der Waals surface area contributed by atoms with E-state index in [-0.39, 0.29) is 0 Å². The van der Waals surface area contributed by atoms with Crippen LogP contribution >= 0.6 is 27.5 Å². The molecule has 2 heterocycles. The summed E-state index contributed by atoms with van der Waals surface area (Å²) in [6.45, 7) is 4.94. The second-order valence-corrected chi connectivity index (χ2v) is 6.46. The molecule has 0 unspecified atom stereocenters. The Hall–Kier alpha value is -0.550. The molecule has 0 atom stereocenters. The van der Waals surface area contributed by atoms with Crippen molar-refractivity contribution in [3.8, 4) is 0 Å². The summed E-state index contributed by atoms with van der Waals surface area (Å²) in [5, 5.41) is 2.01.